The number of halogens is 1. The predicted molar refractivity (Wildman–Crippen MR) is 68.2 cm³/mol. The number of ketones is 1. The third-order valence-electron chi connectivity index (χ3n) is 3.51. The summed E-state index contributed by atoms with van der Waals surface area (Å²) in [6.45, 7) is 0. The summed E-state index contributed by atoms with van der Waals surface area (Å²) in [6.07, 6.45) is 1.63. The van der Waals surface area contributed by atoms with E-state index in [0.717, 1.165) is 0 Å². The zero-order valence-corrected chi connectivity index (χ0v) is 10.5. The second kappa shape index (κ2) is 3.82. The molecule has 19 heavy (non-hydrogen) atoms. The summed E-state index contributed by atoms with van der Waals surface area (Å²) in [7, 11) is 0. The number of carboxylic acids is 1. The van der Waals surface area contributed by atoms with Crippen LogP contribution in [0.15, 0.2) is 28.9 Å². The number of carbonyl (C=O) groups excluding carboxylic acids is 1. The first-order chi connectivity index (χ1) is 8.93. The van der Waals surface area contributed by atoms with Crippen LogP contribution in [-0.4, -0.2) is 22.4 Å². The number of nitrogens with two attached hydrogens (primary N) is 1. The van der Waals surface area contributed by atoms with E-state index in [1.54, 1.807) is 12.1 Å². The molecule has 0 aliphatic heterocycles. The Balaban J connectivity index is 1.97. The van der Waals surface area contributed by atoms with Gasteiger partial charge in [0.25, 0.3) is 0 Å². The van der Waals surface area contributed by atoms with Crippen molar-refractivity contribution in [2.24, 2.45) is 11.7 Å². The summed E-state index contributed by atoms with van der Waals surface area (Å²) in [6, 6.07) is 4.81. The van der Waals surface area contributed by atoms with E-state index in [4.69, 9.17) is 26.9 Å². The minimum atomic E-state index is -1.44. The SMILES string of the molecule is NC1(C(=O)O)CC1C(=O)c1cc(Cl)c2occc2c1. The highest BCUT2D eigenvalue weighted by atomic mass is 35.5. The van der Waals surface area contributed by atoms with Crippen molar-refractivity contribution in [3.63, 3.8) is 0 Å². The molecule has 0 bridgehead atoms. The van der Waals surface area contributed by atoms with Gasteiger partial charge in [0, 0.05) is 10.9 Å². The van der Waals surface area contributed by atoms with Crippen molar-refractivity contribution in [1.29, 1.82) is 0 Å². The first-order valence-corrected chi connectivity index (χ1v) is 6.04. The number of aliphatic carboxylic acids is 1. The summed E-state index contributed by atoms with van der Waals surface area (Å²) in [5.74, 6) is -2.14. The van der Waals surface area contributed by atoms with Crippen LogP contribution in [0.1, 0.15) is 16.8 Å². The number of hydrogen-bond donors (Lipinski definition) is 2. The molecule has 2 unspecified atom stereocenters. The first-order valence-electron chi connectivity index (χ1n) is 5.67. The van der Waals surface area contributed by atoms with Crippen molar-refractivity contribution < 1.29 is 19.1 Å². The molecule has 0 saturated heterocycles. The number of carbonyl (C=O) groups is 2. The van der Waals surface area contributed by atoms with E-state index in [2.05, 4.69) is 0 Å². The monoisotopic (exact) mass is 279 g/mol. The van der Waals surface area contributed by atoms with Gasteiger partial charge in [-0.1, -0.05) is 11.6 Å². The van der Waals surface area contributed by atoms with Crippen molar-refractivity contribution in [2.75, 3.05) is 0 Å². The van der Waals surface area contributed by atoms with Crippen LogP contribution in [-0.2, 0) is 4.79 Å². The highest BCUT2D eigenvalue weighted by molar-refractivity contribution is 6.35. The Hall–Kier alpha value is -1.85. The van der Waals surface area contributed by atoms with Gasteiger partial charge in [-0.25, -0.2) is 0 Å². The number of furan rings is 1. The predicted octanol–water partition coefficient (Wildman–Crippen LogP) is 2.07. The second-order valence-corrected chi connectivity index (χ2v) is 5.17. The van der Waals surface area contributed by atoms with Gasteiger partial charge >= 0.3 is 5.97 Å². The van der Waals surface area contributed by atoms with E-state index in [1.165, 1.54) is 12.3 Å². The molecule has 5 nitrogen and oxygen atoms in total. The molecule has 0 radical (unpaired) electrons. The van der Waals surface area contributed by atoms with Crippen LogP contribution in [0.5, 0.6) is 0 Å². The van der Waals surface area contributed by atoms with Crippen LogP contribution in [0.4, 0.5) is 0 Å². The van der Waals surface area contributed by atoms with Crippen LogP contribution in [0.2, 0.25) is 5.02 Å². The molecule has 1 heterocycles. The maximum atomic E-state index is 12.2. The highest BCUT2D eigenvalue weighted by Crippen LogP contribution is 2.44. The van der Waals surface area contributed by atoms with Gasteiger partial charge < -0.3 is 15.3 Å². The molecule has 1 fully saturated rings. The standard InChI is InChI=1S/C13H10ClNO4/c14-9-4-7(3-6-1-2-19-11(6)9)10(16)8-5-13(8,15)12(17)18/h1-4,8H,5,15H2,(H,17,18). The summed E-state index contributed by atoms with van der Waals surface area (Å²) in [5.41, 5.74) is 5.06. The third-order valence-corrected chi connectivity index (χ3v) is 3.79. The van der Waals surface area contributed by atoms with E-state index < -0.39 is 17.4 Å². The van der Waals surface area contributed by atoms with Crippen molar-refractivity contribution >= 4 is 34.3 Å². The van der Waals surface area contributed by atoms with Gasteiger partial charge in [-0.2, -0.15) is 0 Å². The zero-order valence-electron chi connectivity index (χ0n) is 9.72. The van der Waals surface area contributed by atoms with Crippen LogP contribution in [0.3, 0.4) is 0 Å². The molecule has 98 valence electrons. The van der Waals surface area contributed by atoms with Crippen LogP contribution in [0.25, 0.3) is 11.0 Å². The summed E-state index contributed by atoms with van der Waals surface area (Å²) in [4.78, 5) is 23.2. The fraction of sp³-hybridized carbons (Fsp3) is 0.231. The Bertz CT molecular complexity index is 708. The van der Waals surface area contributed by atoms with Gasteiger partial charge in [-0.05, 0) is 24.6 Å². The minimum absolute atomic E-state index is 0.155. The van der Waals surface area contributed by atoms with Crippen molar-refractivity contribution in [1.82, 2.24) is 0 Å². The lowest BCUT2D eigenvalue weighted by Gasteiger charge is -2.05. The van der Waals surface area contributed by atoms with Gasteiger partial charge in [0.05, 0.1) is 17.2 Å². The lowest BCUT2D eigenvalue weighted by atomic mass is 10.0. The van der Waals surface area contributed by atoms with Crippen molar-refractivity contribution in [3.8, 4) is 0 Å². The van der Waals surface area contributed by atoms with E-state index in [9.17, 15) is 9.59 Å². The van der Waals surface area contributed by atoms with Gasteiger partial charge in [0.15, 0.2) is 11.4 Å². The van der Waals surface area contributed by atoms with Gasteiger partial charge in [-0.15, -0.1) is 0 Å². The maximum Gasteiger partial charge on any atom is 0.324 e. The minimum Gasteiger partial charge on any atom is -0.480 e. The molecule has 0 amide bonds. The fourth-order valence-electron chi connectivity index (χ4n) is 2.22. The maximum absolute atomic E-state index is 12.2. The number of carboxylic acid groups (broad SMARTS) is 1. The molecule has 2 aromatic rings. The molecule has 1 aromatic carbocycles. The van der Waals surface area contributed by atoms with Gasteiger partial charge in [0.2, 0.25) is 0 Å². The van der Waals surface area contributed by atoms with E-state index in [0.29, 0.717) is 21.6 Å². The average Bonchev–Trinajstić information content (AvgIpc) is 2.85. The Kier molecular flexibility index (Phi) is 2.45. The first kappa shape index (κ1) is 12.2. The van der Waals surface area contributed by atoms with Crippen molar-refractivity contribution in [2.45, 2.75) is 12.0 Å². The smallest absolute Gasteiger partial charge is 0.324 e. The van der Waals surface area contributed by atoms with E-state index in [-0.39, 0.29) is 12.2 Å². The second-order valence-electron chi connectivity index (χ2n) is 4.76. The topological polar surface area (TPSA) is 93.5 Å². The summed E-state index contributed by atoms with van der Waals surface area (Å²) < 4.78 is 5.18. The molecule has 6 heteroatoms. The Labute approximate surface area is 112 Å². The Morgan fingerprint density at radius 1 is 1.47 bits per heavy atom. The van der Waals surface area contributed by atoms with Crippen LogP contribution < -0.4 is 5.73 Å². The van der Waals surface area contributed by atoms with Crippen LogP contribution in [0, 0.1) is 5.92 Å². The third kappa shape index (κ3) is 1.74. The molecule has 2 atom stereocenters. The van der Waals surface area contributed by atoms with Gasteiger partial charge in [0.1, 0.15) is 5.54 Å². The fourth-order valence-corrected chi connectivity index (χ4v) is 2.49. The number of benzene rings is 1. The summed E-state index contributed by atoms with van der Waals surface area (Å²) in [5, 5.41) is 9.98. The number of Topliss-reactive ketones (excluding diaryl/α,β-unsaturated/α-hetero) is 1. The highest BCUT2D eigenvalue weighted by Gasteiger charge is 2.61. The molecule has 0 spiro atoms. The largest absolute Gasteiger partial charge is 0.480 e. The molecular weight excluding hydrogens is 270 g/mol. The van der Waals surface area contributed by atoms with Crippen LogP contribution >= 0.6 is 11.6 Å². The molecule has 1 aromatic heterocycles. The van der Waals surface area contributed by atoms with E-state index >= 15 is 0 Å². The lowest BCUT2D eigenvalue weighted by molar-refractivity contribution is -0.139. The molecular formula is C13H10ClNO4. The normalized spacial score (nSPS) is 25.5. The Morgan fingerprint density at radius 2 is 2.21 bits per heavy atom. The molecule has 3 rings (SSSR count). The molecule has 1 aliphatic carbocycles. The van der Waals surface area contributed by atoms with Gasteiger partial charge in [-0.3, -0.25) is 9.59 Å². The molecule has 3 N–H and O–H groups in total. The Morgan fingerprint density at radius 3 is 2.84 bits per heavy atom. The lowest BCUT2D eigenvalue weighted by Crippen LogP contribution is -2.36. The van der Waals surface area contributed by atoms with E-state index in [1.807, 2.05) is 0 Å². The average molecular weight is 280 g/mol. The molecule has 1 saturated carbocycles. The summed E-state index contributed by atoms with van der Waals surface area (Å²) >= 11 is 6.01. The zero-order chi connectivity index (χ0) is 13.8. The molecule has 1 aliphatic rings. The number of fused-ring (bicyclic) bond motifs is 1. The van der Waals surface area contributed by atoms with Crippen molar-refractivity contribution in [3.05, 3.63) is 35.0 Å². The number of hydrogen-bond acceptors (Lipinski definition) is 4. The quantitative estimate of drug-likeness (QED) is 0.839. The number of rotatable bonds is 3.